The van der Waals surface area contributed by atoms with Crippen molar-refractivity contribution in [1.82, 2.24) is 10.6 Å². The Balaban J connectivity index is -0.000000451. The summed E-state index contributed by atoms with van der Waals surface area (Å²) in [6, 6.07) is -1.20. The Kier molecular flexibility index (Phi) is 34.3. The van der Waals surface area contributed by atoms with Gasteiger partial charge in [0, 0.05) is 39.9 Å². The number of nitrogens with one attached hydrogen (secondary N) is 2. The molecule has 0 heterocycles. The Bertz CT molecular complexity index is 681. The molecule has 0 saturated carbocycles. The van der Waals surface area contributed by atoms with E-state index < -0.39 is 35.5 Å². The summed E-state index contributed by atoms with van der Waals surface area (Å²) in [5.74, 6) is -3.33. The number of nitrogens with two attached hydrogens (primary N) is 3. The minimum Gasteiger partial charge on any atom is -0.548 e. The second kappa shape index (κ2) is 29.0. The van der Waals surface area contributed by atoms with Crippen LogP contribution >= 0.6 is 0 Å². The maximum atomic E-state index is 11.9. The van der Waals surface area contributed by atoms with Crippen molar-refractivity contribution in [3.63, 3.8) is 0 Å². The van der Waals surface area contributed by atoms with Gasteiger partial charge in [0.05, 0.1) is 12.0 Å². The van der Waals surface area contributed by atoms with Gasteiger partial charge >= 0.3 is 12.1 Å². The van der Waals surface area contributed by atoms with Crippen LogP contribution in [0.5, 0.6) is 0 Å². The van der Waals surface area contributed by atoms with Crippen LogP contribution in [0.15, 0.2) is 4.99 Å². The molecule has 0 aromatic rings. The van der Waals surface area contributed by atoms with E-state index in [0.717, 1.165) is 0 Å². The zero-order chi connectivity index (χ0) is 29.2. The standard InChI is InChI=1S/C17H32N6O7.3CHO.Re/c18-10-17(20,14(27)28)8-4-2-1-3-7-12(24)22-11(13(25)26)6-5-9-21-15(19)23-16(29)30;3*1-2;/h11H,1-10,18,20H2,(H,22,24)(H,25,26)(H,27,28)(H,29,30)(H3,19,21,23);3*1H;/q;3*-1;/p-1. The van der Waals surface area contributed by atoms with Crippen molar-refractivity contribution in [1.29, 1.82) is 0 Å². The SMILES string of the molecule is NCC(N)(CCCCCCC(=O)NC(CCCN=C(N)NC(=O)O)C(=O)[O-])C(=O)O.[CH-]=O.[CH-]=O.[CH-]=O.[Re]. The van der Waals surface area contributed by atoms with Gasteiger partial charge in [-0.2, -0.15) is 0 Å². The maximum Gasteiger partial charge on any atom is 0.411 e. The second-order valence-electron chi connectivity index (χ2n) is 6.86. The Labute approximate surface area is 228 Å². The van der Waals surface area contributed by atoms with Gasteiger partial charge in [-0.25, -0.2) is 4.79 Å². The van der Waals surface area contributed by atoms with Gasteiger partial charge in [-0.1, -0.05) is 19.3 Å². The van der Waals surface area contributed by atoms with Gasteiger partial charge in [0.25, 0.3) is 0 Å². The van der Waals surface area contributed by atoms with Gasteiger partial charge in [0.15, 0.2) is 5.96 Å². The monoisotopic (exact) mass is 705 g/mol. The fourth-order valence-corrected chi connectivity index (χ4v) is 2.54. The second-order valence-corrected chi connectivity index (χ2v) is 6.86. The minimum absolute atomic E-state index is 0. The van der Waals surface area contributed by atoms with Crippen molar-refractivity contribution in [2.24, 2.45) is 22.2 Å². The fourth-order valence-electron chi connectivity index (χ4n) is 2.54. The largest absolute Gasteiger partial charge is 0.548 e. The van der Waals surface area contributed by atoms with Gasteiger partial charge < -0.3 is 57.0 Å². The van der Waals surface area contributed by atoms with Gasteiger partial charge in [0.2, 0.25) is 5.91 Å². The average Bonchev–Trinajstić information content (AvgIpc) is 2.85. The number of nitrogens with zero attached hydrogens (tertiary/aromatic N) is 1. The molecule has 215 valence electrons. The molecule has 0 spiro atoms. The summed E-state index contributed by atoms with van der Waals surface area (Å²) >= 11 is 0. The van der Waals surface area contributed by atoms with Gasteiger partial charge in [-0.3, -0.25) is 40.3 Å². The van der Waals surface area contributed by atoms with Crippen LogP contribution in [0.2, 0.25) is 0 Å². The van der Waals surface area contributed by atoms with Crippen LogP contribution in [0.4, 0.5) is 4.79 Å². The van der Waals surface area contributed by atoms with E-state index in [0.29, 0.717) is 25.7 Å². The van der Waals surface area contributed by atoms with Gasteiger partial charge in [-0.05, 0) is 25.7 Å². The molecular formula is C20H34N6O10Re-4. The fraction of sp³-hybridized carbons (Fsp3) is 0.600. The normalized spacial score (nSPS) is 12.0. The summed E-state index contributed by atoms with van der Waals surface area (Å²) in [6.07, 6.45) is 1.62. The van der Waals surface area contributed by atoms with Crippen LogP contribution in [-0.4, -0.2) is 85.1 Å². The number of carboxylic acids is 2. The molecule has 2 unspecified atom stereocenters. The Morgan fingerprint density at radius 3 is 1.89 bits per heavy atom. The smallest absolute Gasteiger partial charge is 0.411 e. The first kappa shape index (κ1) is 43.8. The van der Waals surface area contributed by atoms with Crippen molar-refractivity contribution in [3.05, 3.63) is 0 Å². The number of hydrogen-bond donors (Lipinski definition) is 7. The van der Waals surface area contributed by atoms with Crippen molar-refractivity contribution in [2.75, 3.05) is 13.1 Å². The zero-order valence-corrected chi connectivity index (χ0v) is 22.8. The van der Waals surface area contributed by atoms with E-state index >= 15 is 0 Å². The molecular weight excluding hydrogens is 670 g/mol. The number of aliphatic carboxylic acids is 2. The van der Waals surface area contributed by atoms with Crippen LogP contribution in [0, 0.1) is 0 Å². The molecule has 0 aliphatic carbocycles. The van der Waals surface area contributed by atoms with Gasteiger partial charge in [-0.15, -0.1) is 0 Å². The summed E-state index contributed by atoms with van der Waals surface area (Å²) in [6.45, 7) is 9.66. The molecule has 2 atom stereocenters. The predicted molar refractivity (Wildman–Crippen MR) is 125 cm³/mol. The molecule has 0 aliphatic rings. The minimum atomic E-state index is -1.45. The van der Waals surface area contributed by atoms with E-state index in [1.54, 1.807) is 0 Å². The maximum absolute atomic E-state index is 11.9. The predicted octanol–water partition coefficient (Wildman–Crippen LogP) is -3.16. The van der Waals surface area contributed by atoms with Crippen LogP contribution in [-0.2, 0) is 49.2 Å². The topological polar surface area (TPSA) is 297 Å². The first-order valence-electron chi connectivity index (χ1n) is 10.2. The van der Waals surface area contributed by atoms with E-state index in [2.05, 4.69) is 30.7 Å². The molecule has 16 nitrogen and oxygen atoms in total. The third kappa shape index (κ3) is 25.6. The summed E-state index contributed by atoms with van der Waals surface area (Å²) in [4.78, 5) is 71.4. The molecule has 0 bridgehead atoms. The number of rotatable bonds is 15. The van der Waals surface area contributed by atoms with Crippen LogP contribution in [0.1, 0.15) is 51.4 Å². The number of hydrogen-bond acceptors (Lipinski definition) is 11. The number of aliphatic imine (C=N–C) groups is 1. The van der Waals surface area contributed by atoms with Crippen LogP contribution in [0.25, 0.3) is 0 Å². The molecule has 0 saturated heterocycles. The summed E-state index contributed by atoms with van der Waals surface area (Å²) in [5.41, 5.74) is 14.9. The number of amides is 2. The third-order valence-corrected chi connectivity index (χ3v) is 4.35. The summed E-state index contributed by atoms with van der Waals surface area (Å²) in [5, 5.41) is 32.8. The Morgan fingerprint density at radius 2 is 1.46 bits per heavy atom. The van der Waals surface area contributed by atoms with E-state index in [-0.39, 0.29) is 65.2 Å². The molecule has 1 radical (unpaired) electrons. The van der Waals surface area contributed by atoms with Crippen molar-refractivity contribution in [2.45, 2.75) is 62.9 Å². The molecule has 0 aliphatic heterocycles. The van der Waals surface area contributed by atoms with Crippen LogP contribution < -0.4 is 32.9 Å². The third-order valence-electron chi connectivity index (χ3n) is 4.35. The number of carbonyl (C=O) groups is 4. The molecule has 0 rings (SSSR count). The van der Waals surface area contributed by atoms with E-state index in [1.807, 2.05) is 5.32 Å². The first-order valence-corrected chi connectivity index (χ1v) is 10.2. The van der Waals surface area contributed by atoms with Crippen LogP contribution in [0.3, 0.4) is 0 Å². The quantitative estimate of drug-likeness (QED) is 0.0292. The summed E-state index contributed by atoms with van der Waals surface area (Å²) in [7, 11) is 0. The number of unbranched alkanes of at least 4 members (excludes halogenated alkanes) is 3. The average molecular weight is 705 g/mol. The van der Waals surface area contributed by atoms with E-state index in [4.69, 9.17) is 41.8 Å². The molecule has 0 aromatic carbocycles. The van der Waals surface area contributed by atoms with Crippen molar-refractivity contribution in [3.8, 4) is 0 Å². The Hall–Kier alpha value is -3.26. The Morgan fingerprint density at radius 1 is 0.946 bits per heavy atom. The number of guanidine groups is 1. The zero-order valence-electron chi connectivity index (χ0n) is 20.1. The first-order chi connectivity index (χ1) is 17.0. The van der Waals surface area contributed by atoms with Crippen molar-refractivity contribution >= 4 is 50.3 Å². The molecule has 0 aromatic heterocycles. The molecule has 17 heteroatoms. The number of carboxylic acid groups (broad SMARTS) is 3. The summed E-state index contributed by atoms with van der Waals surface area (Å²) < 4.78 is 0. The van der Waals surface area contributed by atoms with Crippen molar-refractivity contribution < 1.29 is 69.3 Å². The molecule has 10 N–H and O–H groups in total. The molecule has 2 amide bonds. The number of carbonyl (C=O) groups excluding carboxylic acids is 5. The van der Waals surface area contributed by atoms with E-state index in [9.17, 15) is 24.3 Å². The van der Waals surface area contributed by atoms with E-state index in [1.165, 1.54) is 0 Å². The molecule has 37 heavy (non-hydrogen) atoms. The van der Waals surface area contributed by atoms with Gasteiger partial charge in [0.1, 0.15) is 5.54 Å². The molecule has 0 fully saturated rings.